The highest BCUT2D eigenvalue weighted by atomic mass is 79.9. The molecule has 2 rings (SSSR count). The summed E-state index contributed by atoms with van der Waals surface area (Å²) in [5, 5.41) is 2.76. The van der Waals surface area contributed by atoms with Crippen molar-refractivity contribution in [2.75, 3.05) is 5.32 Å². The first kappa shape index (κ1) is 14.9. The molecule has 1 aliphatic rings. The Balaban J connectivity index is 2.12. The average molecular weight is 392 g/mol. The molecule has 0 spiro atoms. The van der Waals surface area contributed by atoms with Crippen molar-refractivity contribution in [1.82, 2.24) is 9.97 Å². The molecule has 1 aromatic rings. The molecule has 3 N–H and O–H groups in total. The largest absolute Gasteiger partial charge is 0.317 e. The lowest BCUT2D eigenvalue weighted by molar-refractivity contribution is -0.122. The third-order valence-corrected chi connectivity index (χ3v) is 4.35. The number of anilines is 1. The molecule has 2 unspecified atom stereocenters. The summed E-state index contributed by atoms with van der Waals surface area (Å²) in [5.74, 6) is 0.691. The van der Waals surface area contributed by atoms with Gasteiger partial charge in [-0.15, -0.1) is 0 Å². The molecule has 0 aromatic carbocycles. The zero-order chi connectivity index (χ0) is 14.0. The Morgan fingerprint density at radius 2 is 2.32 bits per heavy atom. The summed E-state index contributed by atoms with van der Waals surface area (Å²) in [6.07, 6.45) is 5.07. The minimum absolute atomic E-state index is 0.184. The number of hydrogen-bond acceptors (Lipinski definition) is 4. The van der Waals surface area contributed by atoms with Crippen molar-refractivity contribution in [2.24, 2.45) is 11.7 Å². The van der Waals surface area contributed by atoms with Gasteiger partial charge in [0.1, 0.15) is 9.21 Å². The van der Waals surface area contributed by atoms with Gasteiger partial charge in [0, 0.05) is 0 Å². The molecule has 1 heterocycles. The Bertz CT molecular complexity index is 497. The van der Waals surface area contributed by atoms with Gasteiger partial charge in [-0.05, 0) is 50.6 Å². The van der Waals surface area contributed by atoms with Crippen molar-refractivity contribution in [3.63, 3.8) is 0 Å². The first-order chi connectivity index (χ1) is 8.90. The number of halogens is 2. The lowest BCUT2D eigenvalue weighted by Crippen LogP contribution is -2.53. The number of rotatable bonds is 2. The zero-order valence-corrected chi connectivity index (χ0v) is 13.8. The molecule has 7 heteroatoms. The summed E-state index contributed by atoms with van der Waals surface area (Å²) in [7, 11) is 0. The molecule has 0 radical (unpaired) electrons. The molecule has 19 heavy (non-hydrogen) atoms. The van der Waals surface area contributed by atoms with Crippen LogP contribution in [0.4, 0.5) is 5.82 Å². The summed E-state index contributed by atoms with van der Waals surface area (Å²) >= 11 is 6.49. The van der Waals surface area contributed by atoms with E-state index in [4.69, 9.17) is 5.73 Å². The molecule has 1 aliphatic carbocycles. The number of hydrogen-bond donors (Lipinski definition) is 2. The van der Waals surface area contributed by atoms with Gasteiger partial charge in [-0.2, -0.15) is 0 Å². The number of carbonyl (C=O) groups excluding carboxylic acids is 1. The number of nitrogens with two attached hydrogens (primary N) is 1. The summed E-state index contributed by atoms with van der Waals surface area (Å²) < 4.78 is 1.09. The fraction of sp³-hybridized carbons (Fsp3) is 0.583. The van der Waals surface area contributed by atoms with E-state index in [2.05, 4.69) is 54.1 Å². The third-order valence-electron chi connectivity index (χ3n) is 3.42. The van der Waals surface area contributed by atoms with Crippen molar-refractivity contribution in [2.45, 2.75) is 38.1 Å². The van der Waals surface area contributed by atoms with E-state index in [1.807, 2.05) is 0 Å². The van der Waals surface area contributed by atoms with Gasteiger partial charge >= 0.3 is 0 Å². The standard InChI is InChI=1S/C12H16Br2N4O/c1-7-3-2-4-12(15,5-7)11(19)18-10-9(14)17-8(13)6-16-10/h6-7H,2-5,15H2,1H3,(H,16,18,19). The zero-order valence-electron chi connectivity index (χ0n) is 10.6. The molecule has 0 aliphatic heterocycles. The molecule has 0 bridgehead atoms. The van der Waals surface area contributed by atoms with E-state index in [-0.39, 0.29) is 5.91 Å². The number of amides is 1. The molecule has 0 saturated heterocycles. The van der Waals surface area contributed by atoms with Crippen LogP contribution in [0.15, 0.2) is 15.4 Å². The highest BCUT2D eigenvalue weighted by Crippen LogP contribution is 2.31. The smallest absolute Gasteiger partial charge is 0.245 e. The van der Waals surface area contributed by atoms with E-state index in [9.17, 15) is 4.79 Å². The molecule has 1 fully saturated rings. The fourth-order valence-electron chi connectivity index (χ4n) is 2.46. The summed E-state index contributed by atoms with van der Waals surface area (Å²) in [6.45, 7) is 2.13. The van der Waals surface area contributed by atoms with Crippen molar-refractivity contribution in [3.05, 3.63) is 15.4 Å². The van der Waals surface area contributed by atoms with E-state index < -0.39 is 5.54 Å². The van der Waals surface area contributed by atoms with E-state index in [0.717, 1.165) is 12.8 Å². The number of nitrogens with zero attached hydrogens (tertiary/aromatic N) is 2. The summed E-state index contributed by atoms with van der Waals surface area (Å²) in [6, 6.07) is 0. The van der Waals surface area contributed by atoms with E-state index >= 15 is 0 Å². The van der Waals surface area contributed by atoms with Crippen LogP contribution in [-0.4, -0.2) is 21.4 Å². The van der Waals surface area contributed by atoms with Crippen LogP contribution in [0.1, 0.15) is 32.6 Å². The highest BCUT2D eigenvalue weighted by Gasteiger charge is 2.38. The molecule has 104 valence electrons. The molecular weight excluding hydrogens is 376 g/mol. The Morgan fingerprint density at radius 3 is 2.95 bits per heavy atom. The van der Waals surface area contributed by atoms with Gasteiger partial charge in [-0.25, -0.2) is 9.97 Å². The van der Waals surface area contributed by atoms with Crippen molar-refractivity contribution in [1.29, 1.82) is 0 Å². The average Bonchev–Trinajstić information content (AvgIpc) is 2.32. The molecule has 2 atom stereocenters. The molecule has 1 aromatic heterocycles. The molecule has 5 nitrogen and oxygen atoms in total. The van der Waals surface area contributed by atoms with Crippen LogP contribution in [0.5, 0.6) is 0 Å². The lowest BCUT2D eigenvalue weighted by Gasteiger charge is -2.35. The minimum atomic E-state index is -0.800. The minimum Gasteiger partial charge on any atom is -0.317 e. The van der Waals surface area contributed by atoms with Gasteiger partial charge < -0.3 is 11.1 Å². The van der Waals surface area contributed by atoms with Crippen LogP contribution in [0, 0.1) is 5.92 Å². The lowest BCUT2D eigenvalue weighted by atomic mass is 9.76. The maximum atomic E-state index is 12.3. The number of carbonyl (C=O) groups is 1. The SMILES string of the molecule is CC1CCCC(N)(C(=O)Nc2ncc(Br)nc2Br)C1. The predicted molar refractivity (Wildman–Crippen MR) is 80.6 cm³/mol. The van der Waals surface area contributed by atoms with Gasteiger partial charge in [-0.1, -0.05) is 19.8 Å². The highest BCUT2D eigenvalue weighted by molar-refractivity contribution is 9.11. The Kier molecular flexibility index (Phi) is 4.58. The van der Waals surface area contributed by atoms with E-state index in [0.29, 0.717) is 33.8 Å². The van der Waals surface area contributed by atoms with Crippen LogP contribution in [0.25, 0.3) is 0 Å². The van der Waals surface area contributed by atoms with Crippen molar-refractivity contribution < 1.29 is 4.79 Å². The van der Waals surface area contributed by atoms with Gasteiger partial charge in [-0.3, -0.25) is 4.79 Å². The Hall–Kier alpha value is -0.530. The topological polar surface area (TPSA) is 80.9 Å². The van der Waals surface area contributed by atoms with Crippen LogP contribution < -0.4 is 11.1 Å². The first-order valence-corrected chi connectivity index (χ1v) is 7.78. The van der Waals surface area contributed by atoms with E-state index in [1.165, 1.54) is 6.20 Å². The van der Waals surface area contributed by atoms with E-state index in [1.54, 1.807) is 0 Å². The first-order valence-electron chi connectivity index (χ1n) is 6.19. The summed E-state index contributed by atoms with van der Waals surface area (Å²) in [5.41, 5.74) is 5.44. The third kappa shape index (κ3) is 3.52. The summed E-state index contributed by atoms with van der Waals surface area (Å²) in [4.78, 5) is 20.6. The number of nitrogens with one attached hydrogen (secondary N) is 1. The number of aromatic nitrogens is 2. The van der Waals surface area contributed by atoms with Crippen LogP contribution in [-0.2, 0) is 4.79 Å². The predicted octanol–water partition coefficient (Wildman–Crippen LogP) is 2.85. The van der Waals surface area contributed by atoms with Gasteiger partial charge in [0.15, 0.2) is 5.82 Å². The maximum Gasteiger partial charge on any atom is 0.245 e. The van der Waals surface area contributed by atoms with Crippen molar-refractivity contribution >= 4 is 43.6 Å². The van der Waals surface area contributed by atoms with Gasteiger partial charge in [0.2, 0.25) is 5.91 Å². The Labute approximate surface area is 129 Å². The Morgan fingerprint density at radius 1 is 1.58 bits per heavy atom. The van der Waals surface area contributed by atoms with Crippen LogP contribution in [0.2, 0.25) is 0 Å². The quantitative estimate of drug-likeness (QED) is 0.812. The van der Waals surface area contributed by atoms with Crippen LogP contribution >= 0.6 is 31.9 Å². The van der Waals surface area contributed by atoms with Crippen LogP contribution in [0.3, 0.4) is 0 Å². The second-order valence-corrected chi connectivity index (χ2v) is 6.71. The normalized spacial score (nSPS) is 27.1. The molecule has 1 amide bonds. The van der Waals surface area contributed by atoms with Crippen molar-refractivity contribution in [3.8, 4) is 0 Å². The molecule has 1 saturated carbocycles. The van der Waals surface area contributed by atoms with Gasteiger partial charge in [0.05, 0.1) is 11.7 Å². The van der Waals surface area contributed by atoms with Gasteiger partial charge in [0.25, 0.3) is 0 Å². The fourth-order valence-corrected chi connectivity index (χ4v) is 3.37. The maximum absolute atomic E-state index is 12.3. The molecular formula is C12H16Br2N4O. The second-order valence-electron chi connectivity index (χ2n) is 5.14. The second kappa shape index (κ2) is 5.85. The monoisotopic (exact) mass is 390 g/mol.